The van der Waals surface area contributed by atoms with E-state index in [1.807, 2.05) is 30.6 Å². The van der Waals surface area contributed by atoms with Gasteiger partial charge in [-0.15, -0.1) is 0 Å². The zero-order chi connectivity index (χ0) is 22.4. The van der Waals surface area contributed by atoms with E-state index >= 15 is 0 Å². The monoisotopic (exact) mass is 468 g/mol. The first kappa shape index (κ1) is 30.9. The molecule has 0 aliphatic heterocycles. The highest BCUT2D eigenvalue weighted by molar-refractivity contribution is 5.69. The molecule has 0 fully saturated rings. The van der Waals surface area contributed by atoms with Gasteiger partial charge in [-0.2, -0.15) is 0 Å². The third-order valence-corrected chi connectivity index (χ3v) is 5.96. The lowest BCUT2D eigenvalue weighted by atomic mass is 10.0. The SMILES string of the molecule is CCCCCCCCCCCCCCCCCC(=O)OCCC(N)C[n+]1ccccc1.[Cl-]. The quantitative estimate of drug-likeness (QED) is 0.171. The molecule has 1 rings (SSSR count). The second-order valence-electron chi connectivity index (χ2n) is 9.04. The number of hydrogen-bond donors (Lipinski definition) is 1. The van der Waals surface area contributed by atoms with Crippen molar-refractivity contribution in [2.24, 2.45) is 5.73 Å². The third-order valence-electron chi connectivity index (χ3n) is 5.96. The molecule has 186 valence electrons. The summed E-state index contributed by atoms with van der Waals surface area (Å²) in [5.74, 6) is -0.0748. The number of halogens is 1. The Morgan fingerprint density at radius 3 is 1.75 bits per heavy atom. The lowest BCUT2D eigenvalue weighted by Gasteiger charge is -2.09. The molecule has 0 saturated carbocycles. The van der Waals surface area contributed by atoms with Gasteiger partial charge >= 0.3 is 5.97 Å². The minimum Gasteiger partial charge on any atom is -1.00 e. The average Bonchev–Trinajstić information content (AvgIpc) is 2.77. The zero-order valence-corrected chi connectivity index (χ0v) is 21.4. The van der Waals surface area contributed by atoms with Gasteiger partial charge < -0.3 is 22.9 Å². The Labute approximate surface area is 204 Å². The molecule has 1 unspecified atom stereocenters. The smallest absolute Gasteiger partial charge is 0.305 e. The van der Waals surface area contributed by atoms with Gasteiger partial charge in [0.05, 0.1) is 12.6 Å². The molecule has 1 heterocycles. The van der Waals surface area contributed by atoms with E-state index in [0.717, 1.165) is 19.4 Å². The van der Waals surface area contributed by atoms with Crippen molar-refractivity contribution in [1.29, 1.82) is 0 Å². The van der Waals surface area contributed by atoms with Crippen molar-refractivity contribution < 1.29 is 26.5 Å². The maximum absolute atomic E-state index is 11.8. The van der Waals surface area contributed by atoms with Crippen LogP contribution in [0.25, 0.3) is 0 Å². The predicted molar refractivity (Wildman–Crippen MR) is 130 cm³/mol. The maximum Gasteiger partial charge on any atom is 0.305 e. The summed E-state index contributed by atoms with van der Waals surface area (Å²) in [6.45, 7) is 3.45. The Hall–Kier alpha value is -1.13. The van der Waals surface area contributed by atoms with Crippen molar-refractivity contribution in [2.75, 3.05) is 6.61 Å². The number of unbranched alkanes of at least 4 members (excludes halogenated alkanes) is 14. The fraction of sp³-hybridized carbons (Fsp3) is 0.778. The first-order valence-corrected chi connectivity index (χ1v) is 13.1. The van der Waals surface area contributed by atoms with Crippen LogP contribution in [-0.4, -0.2) is 18.6 Å². The fourth-order valence-electron chi connectivity index (χ4n) is 3.96. The molecular formula is C27H49ClN2O2. The van der Waals surface area contributed by atoms with Crippen LogP contribution < -0.4 is 22.7 Å². The number of hydrogen-bond acceptors (Lipinski definition) is 3. The Balaban J connectivity index is 0.00000961. The molecule has 1 atom stereocenters. The van der Waals surface area contributed by atoms with Crippen LogP contribution in [-0.2, 0) is 16.1 Å². The number of carbonyl (C=O) groups excluding carboxylic acids is 1. The first-order chi connectivity index (χ1) is 15.2. The second kappa shape index (κ2) is 23.0. The minimum absolute atomic E-state index is 0. The summed E-state index contributed by atoms with van der Waals surface area (Å²) in [6.07, 6.45) is 25.3. The van der Waals surface area contributed by atoms with Gasteiger partial charge in [0.2, 0.25) is 0 Å². The number of pyridine rings is 1. The highest BCUT2D eigenvalue weighted by Crippen LogP contribution is 2.13. The first-order valence-electron chi connectivity index (χ1n) is 13.1. The molecule has 0 saturated heterocycles. The van der Waals surface area contributed by atoms with Crippen molar-refractivity contribution >= 4 is 5.97 Å². The number of nitrogens with zero attached hydrogens (tertiary/aromatic N) is 1. The van der Waals surface area contributed by atoms with E-state index in [0.29, 0.717) is 19.4 Å². The molecule has 0 bridgehead atoms. The lowest BCUT2D eigenvalue weighted by Crippen LogP contribution is -3.00. The molecule has 0 aliphatic carbocycles. The van der Waals surface area contributed by atoms with Crippen LogP contribution in [0.5, 0.6) is 0 Å². The number of rotatable bonds is 21. The molecule has 2 N–H and O–H groups in total. The molecule has 32 heavy (non-hydrogen) atoms. The van der Waals surface area contributed by atoms with Crippen LogP contribution in [0.1, 0.15) is 116 Å². The van der Waals surface area contributed by atoms with Crippen molar-refractivity contribution in [3.05, 3.63) is 30.6 Å². The average molecular weight is 469 g/mol. The summed E-state index contributed by atoms with van der Waals surface area (Å²) in [5.41, 5.74) is 6.12. The van der Waals surface area contributed by atoms with Gasteiger partial charge in [-0.3, -0.25) is 4.79 Å². The zero-order valence-electron chi connectivity index (χ0n) is 20.6. The summed E-state index contributed by atoms with van der Waals surface area (Å²) in [5, 5.41) is 0. The van der Waals surface area contributed by atoms with E-state index in [9.17, 15) is 4.79 Å². The molecule has 0 radical (unpaired) electrons. The Bertz CT molecular complexity index is 528. The Morgan fingerprint density at radius 1 is 0.781 bits per heavy atom. The lowest BCUT2D eigenvalue weighted by molar-refractivity contribution is -0.698. The standard InChI is InChI=1S/C27H49N2O2.ClH/c1-2-3-4-5-6-7-8-9-10-11-12-13-14-15-17-20-27(30)31-24-21-26(28)25-29-22-18-16-19-23-29;/h16,18-19,22-23,26H,2-15,17,20-21,24-25,28H2,1H3;1H/q+1;/p-1. The molecule has 5 heteroatoms. The van der Waals surface area contributed by atoms with E-state index in [1.165, 1.54) is 83.5 Å². The van der Waals surface area contributed by atoms with E-state index in [-0.39, 0.29) is 24.4 Å². The topological polar surface area (TPSA) is 56.2 Å². The highest BCUT2D eigenvalue weighted by Gasteiger charge is 2.10. The van der Waals surface area contributed by atoms with Crippen LogP contribution in [0.3, 0.4) is 0 Å². The molecule has 1 aromatic rings. The number of aromatic nitrogens is 1. The van der Waals surface area contributed by atoms with E-state index < -0.39 is 0 Å². The number of esters is 1. The number of ether oxygens (including phenoxy) is 1. The van der Waals surface area contributed by atoms with Gasteiger partial charge in [-0.05, 0) is 6.42 Å². The molecule has 0 aromatic carbocycles. The highest BCUT2D eigenvalue weighted by atomic mass is 35.5. The maximum atomic E-state index is 11.8. The van der Waals surface area contributed by atoms with Crippen molar-refractivity contribution in [1.82, 2.24) is 0 Å². The normalized spacial score (nSPS) is 11.7. The van der Waals surface area contributed by atoms with Crippen molar-refractivity contribution in [2.45, 2.75) is 129 Å². The van der Waals surface area contributed by atoms with Gasteiger partial charge in [-0.1, -0.05) is 103 Å². The van der Waals surface area contributed by atoms with E-state index in [2.05, 4.69) is 11.5 Å². The summed E-state index contributed by atoms with van der Waals surface area (Å²) in [7, 11) is 0. The van der Waals surface area contributed by atoms with Gasteiger partial charge in [-0.25, -0.2) is 4.57 Å². The Morgan fingerprint density at radius 2 is 1.25 bits per heavy atom. The Kier molecular flexibility index (Phi) is 22.2. The van der Waals surface area contributed by atoms with Gasteiger partial charge in [0.1, 0.15) is 0 Å². The molecule has 0 amide bonds. The van der Waals surface area contributed by atoms with Crippen LogP contribution >= 0.6 is 0 Å². The number of nitrogens with two attached hydrogens (primary N) is 1. The molecular weight excluding hydrogens is 420 g/mol. The van der Waals surface area contributed by atoms with E-state index in [1.54, 1.807) is 0 Å². The molecule has 1 aromatic heterocycles. The summed E-state index contributed by atoms with van der Waals surface area (Å²) in [4.78, 5) is 11.8. The predicted octanol–water partition coefficient (Wildman–Crippen LogP) is 3.50. The van der Waals surface area contributed by atoms with E-state index in [4.69, 9.17) is 10.5 Å². The van der Waals surface area contributed by atoms with Gasteiger partial charge in [0.15, 0.2) is 18.9 Å². The van der Waals surface area contributed by atoms with Crippen LogP contribution in [0.4, 0.5) is 0 Å². The summed E-state index contributed by atoms with van der Waals surface area (Å²) >= 11 is 0. The van der Waals surface area contributed by atoms with Crippen molar-refractivity contribution in [3.8, 4) is 0 Å². The third kappa shape index (κ3) is 19.5. The fourth-order valence-corrected chi connectivity index (χ4v) is 3.96. The van der Waals surface area contributed by atoms with Gasteiger partial charge in [0, 0.05) is 25.0 Å². The van der Waals surface area contributed by atoms with Crippen LogP contribution in [0.15, 0.2) is 30.6 Å². The largest absolute Gasteiger partial charge is 1.00 e. The van der Waals surface area contributed by atoms with Crippen LogP contribution in [0.2, 0.25) is 0 Å². The summed E-state index contributed by atoms with van der Waals surface area (Å²) in [6, 6.07) is 5.97. The number of carbonyl (C=O) groups is 1. The molecule has 0 spiro atoms. The molecule has 0 aliphatic rings. The summed E-state index contributed by atoms with van der Waals surface area (Å²) < 4.78 is 7.40. The van der Waals surface area contributed by atoms with Gasteiger partial charge in [0.25, 0.3) is 0 Å². The minimum atomic E-state index is -0.0748. The van der Waals surface area contributed by atoms with Crippen LogP contribution in [0, 0.1) is 0 Å². The second-order valence-corrected chi connectivity index (χ2v) is 9.04. The van der Waals surface area contributed by atoms with Crippen molar-refractivity contribution in [3.63, 3.8) is 0 Å². The molecule has 4 nitrogen and oxygen atoms in total.